The Hall–Kier alpha value is -1.14. The van der Waals surface area contributed by atoms with E-state index in [2.05, 4.69) is 20.1 Å². The van der Waals surface area contributed by atoms with E-state index in [0.29, 0.717) is 0 Å². The third kappa shape index (κ3) is 2.28. The van der Waals surface area contributed by atoms with E-state index in [-0.39, 0.29) is 12.1 Å². The first-order valence-electron chi connectivity index (χ1n) is 6.37. The summed E-state index contributed by atoms with van der Waals surface area (Å²) in [6, 6.07) is 0.253. The molecular formula is C11H19N5O. The van der Waals surface area contributed by atoms with Crippen molar-refractivity contribution in [2.24, 2.45) is 5.73 Å². The van der Waals surface area contributed by atoms with Gasteiger partial charge in [-0.1, -0.05) is 0 Å². The zero-order valence-corrected chi connectivity index (χ0v) is 9.93. The number of hydrogen-bond donors (Lipinski definition) is 2. The average Bonchev–Trinajstić information content (AvgIpc) is 2.98. The molecule has 6 nitrogen and oxygen atoms in total. The number of aromatic amines is 1. The van der Waals surface area contributed by atoms with Crippen molar-refractivity contribution in [1.82, 2.24) is 15.2 Å². The summed E-state index contributed by atoms with van der Waals surface area (Å²) >= 11 is 0. The Morgan fingerprint density at radius 3 is 3.00 bits per heavy atom. The zero-order chi connectivity index (χ0) is 11.7. The zero-order valence-electron chi connectivity index (χ0n) is 9.93. The third-order valence-electron chi connectivity index (χ3n) is 3.48. The third-order valence-corrected chi connectivity index (χ3v) is 3.48. The highest BCUT2D eigenvalue weighted by molar-refractivity contribution is 5.31. The van der Waals surface area contributed by atoms with E-state index in [0.717, 1.165) is 50.7 Å². The number of aromatic nitrogens is 3. The first-order chi connectivity index (χ1) is 8.33. The second kappa shape index (κ2) is 4.62. The number of nitrogens with one attached hydrogen (secondary N) is 1. The van der Waals surface area contributed by atoms with Gasteiger partial charge in [-0.25, -0.2) is 0 Å². The molecule has 2 unspecified atom stereocenters. The lowest BCUT2D eigenvalue weighted by Crippen LogP contribution is -2.27. The summed E-state index contributed by atoms with van der Waals surface area (Å²) in [7, 11) is 0. The normalized spacial score (nSPS) is 29.8. The number of nitrogens with two attached hydrogens (primary N) is 1. The number of anilines is 1. The Balaban J connectivity index is 1.69. The molecule has 0 spiro atoms. The molecule has 0 amide bonds. The molecule has 94 valence electrons. The van der Waals surface area contributed by atoms with Crippen LogP contribution in [0.1, 0.15) is 37.6 Å². The van der Waals surface area contributed by atoms with Crippen molar-refractivity contribution < 1.29 is 4.74 Å². The lowest BCUT2D eigenvalue weighted by atomic mass is 10.1. The van der Waals surface area contributed by atoms with Crippen LogP contribution in [-0.4, -0.2) is 40.9 Å². The number of ether oxygens (including phenoxy) is 1. The van der Waals surface area contributed by atoms with Crippen LogP contribution in [-0.2, 0) is 4.74 Å². The molecule has 0 bridgehead atoms. The van der Waals surface area contributed by atoms with E-state index in [4.69, 9.17) is 10.5 Å². The Bertz CT molecular complexity index is 354. The van der Waals surface area contributed by atoms with Gasteiger partial charge in [-0.3, -0.25) is 5.10 Å². The fourth-order valence-corrected chi connectivity index (χ4v) is 2.48. The molecule has 0 aromatic carbocycles. The predicted octanol–water partition coefficient (Wildman–Crippen LogP) is 0.584. The summed E-state index contributed by atoms with van der Waals surface area (Å²) in [5.74, 6) is 1.63. The number of hydrogen-bond acceptors (Lipinski definition) is 5. The van der Waals surface area contributed by atoms with Gasteiger partial charge in [0.2, 0.25) is 5.95 Å². The van der Waals surface area contributed by atoms with Gasteiger partial charge >= 0.3 is 0 Å². The van der Waals surface area contributed by atoms with Gasteiger partial charge in [0.25, 0.3) is 0 Å². The van der Waals surface area contributed by atoms with Gasteiger partial charge < -0.3 is 15.4 Å². The highest BCUT2D eigenvalue weighted by atomic mass is 16.5. The van der Waals surface area contributed by atoms with Crippen LogP contribution in [0.2, 0.25) is 0 Å². The van der Waals surface area contributed by atoms with Crippen molar-refractivity contribution in [2.45, 2.75) is 37.8 Å². The van der Waals surface area contributed by atoms with Crippen LogP contribution >= 0.6 is 0 Å². The maximum Gasteiger partial charge on any atom is 0.244 e. The molecule has 2 aliphatic heterocycles. The summed E-state index contributed by atoms with van der Waals surface area (Å²) in [6.07, 6.45) is 4.51. The minimum Gasteiger partial charge on any atom is -0.370 e. The van der Waals surface area contributed by atoms with Crippen molar-refractivity contribution in [1.29, 1.82) is 0 Å². The Morgan fingerprint density at radius 1 is 1.35 bits per heavy atom. The molecule has 1 aromatic heterocycles. The number of rotatable bonds is 2. The molecule has 0 saturated carbocycles. The molecular weight excluding hydrogens is 218 g/mol. The van der Waals surface area contributed by atoms with E-state index in [9.17, 15) is 0 Å². The van der Waals surface area contributed by atoms with E-state index in [1.54, 1.807) is 0 Å². The summed E-state index contributed by atoms with van der Waals surface area (Å²) in [4.78, 5) is 6.66. The molecule has 0 radical (unpaired) electrons. The first kappa shape index (κ1) is 11.0. The number of nitrogens with zero attached hydrogens (tertiary/aromatic N) is 3. The fourth-order valence-electron chi connectivity index (χ4n) is 2.48. The monoisotopic (exact) mass is 237 g/mol. The van der Waals surface area contributed by atoms with Gasteiger partial charge in [-0.15, -0.1) is 5.10 Å². The molecule has 3 rings (SSSR count). The molecule has 2 saturated heterocycles. The molecule has 6 heteroatoms. The van der Waals surface area contributed by atoms with E-state index < -0.39 is 0 Å². The average molecular weight is 237 g/mol. The van der Waals surface area contributed by atoms with Gasteiger partial charge in [0.05, 0.1) is 0 Å². The van der Waals surface area contributed by atoms with Crippen LogP contribution in [0, 0.1) is 0 Å². The largest absolute Gasteiger partial charge is 0.370 e. The Kier molecular flexibility index (Phi) is 2.98. The summed E-state index contributed by atoms with van der Waals surface area (Å²) in [5, 5.41) is 7.26. The van der Waals surface area contributed by atoms with Crippen LogP contribution in [0.15, 0.2) is 0 Å². The lowest BCUT2D eigenvalue weighted by molar-refractivity contribution is 0.00969. The van der Waals surface area contributed by atoms with Gasteiger partial charge in [0, 0.05) is 25.7 Å². The first-order valence-corrected chi connectivity index (χ1v) is 6.37. The molecule has 17 heavy (non-hydrogen) atoms. The second-order valence-electron chi connectivity index (χ2n) is 4.87. The maximum absolute atomic E-state index is 5.88. The van der Waals surface area contributed by atoms with Gasteiger partial charge in [0.1, 0.15) is 6.10 Å². The molecule has 3 heterocycles. The van der Waals surface area contributed by atoms with E-state index >= 15 is 0 Å². The SMILES string of the molecule is NC1CCN(c2n[nH]c(C3CCCCO3)n2)C1. The van der Waals surface area contributed by atoms with Crippen molar-refractivity contribution in [3.05, 3.63) is 5.82 Å². The standard InChI is InChI=1S/C11H19N5O/c12-8-4-5-16(7-8)11-13-10(14-15-11)9-3-1-2-6-17-9/h8-9H,1-7,12H2,(H,13,14,15). The molecule has 2 atom stereocenters. The maximum atomic E-state index is 5.88. The molecule has 1 aromatic rings. The molecule has 2 aliphatic rings. The highest BCUT2D eigenvalue weighted by Gasteiger charge is 2.25. The lowest BCUT2D eigenvalue weighted by Gasteiger charge is -2.20. The van der Waals surface area contributed by atoms with Crippen LogP contribution in [0.4, 0.5) is 5.95 Å². The molecule has 2 fully saturated rings. The second-order valence-corrected chi connectivity index (χ2v) is 4.87. The number of H-pyrrole nitrogens is 1. The van der Waals surface area contributed by atoms with Crippen LogP contribution in [0.5, 0.6) is 0 Å². The Morgan fingerprint density at radius 2 is 2.29 bits per heavy atom. The fraction of sp³-hybridized carbons (Fsp3) is 0.818. The highest BCUT2D eigenvalue weighted by Crippen LogP contribution is 2.26. The van der Waals surface area contributed by atoms with Crippen molar-refractivity contribution in [2.75, 3.05) is 24.6 Å². The topological polar surface area (TPSA) is 80.1 Å². The van der Waals surface area contributed by atoms with E-state index in [1.165, 1.54) is 6.42 Å². The minimum absolute atomic E-state index is 0.0984. The van der Waals surface area contributed by atoms with Gasteiger partial charge in [0.15, 0.2) is 5.82 Å². The quantitative estimate of drug-likeness (QED) is 0.786. The van der Waals surface area contributed by atoms with Crippen LogP contribution < -0.4 is 10.6 Å². The molecule has 0 aliphatic carbocycles. The van der Waals surface area contributed by atoms with Crippen molar-refractivity contribution in [3.8, 4) is 0 Å². The van der Waals surface area contributed by atoms with Gasteiger partial charge in [-0.05, 0) is 25.7 Å². The molecule has 3 N–H and O–H groups in total. The van der Waals surface area contributed by atoms with Crippen molar-refractivity contribution in [3.63, 3.8) is 0 Å². The van der Waals surface area contributed by atoms with Crippen LogP contribution in [0.3, 0.4) is 0 Å². The smallest absolute Gasteiger partial charge is 0.244 e. The predicted molar refractivity (Wildman–Crippen MR) is 63.7 cm³/mol. The van der Waals surface area contributed by atoms with E-state index in [1.807, 2.05) is 0 Å². The summed E-state index contributed by atoms with van der Waals surface area (Å²) < 4.78 is 5.68. The van der Waals surface area contributed by atoms with Crippen molar-refractivity contribution >= 4 is 5.95 Å². The Labute approximate surface area is 101 Å². The summed E-state index contributed by atoms with van der Waals surface area (Å²) in [5.41, 5.74) is 5.88. The summed E-state index contributed by atoms with van der Waals surface area (Å²) in [6.45, 7) is 2.63. The minimum atomic E-state index is 0.0984. The van der Waals surface area contributed by atoms with Gasteiger partial charge in [-0.2, -0.15) is 4.98 Å². The van der Waals surface area contributed by atoms with Crippen LogP contribution in [0.25, 0.3) is 0 Å².